The quantitative estimate of drug-likeness (QED) is 0.220. The monoisotopic (exact) mass is 499 g/mol. The molecule has 3 aromatic carbocycles. The van der Waals surface area contributed by atoms with E-state index in [4.69, 9.17) is 13.9 Å². The molecule has 0 unspecified atom stereocenters. The maximum atomic E-state index is 6.21. The first kappa shape index (κ1) is 23.8. The zero-order valence-corrected chi connectivity index (χ0v) is 20.6. The van der Waals surface area contributed by atoms with E-state index in [0.29, 0.717) is 36.5 Å². The second-order valence-electron chi connectivity index (χ2n) is 7.85. The van der Waals surface area contributed by atoms with Gasteiger partial charge in [0.1, 0.15) is 12.4 Å². The van der Waals surface area contributed by atoms with Crippen molar-refractivity contribution >= 4 is 11.8 Å². The number of ether oxygens (including phenoxy) is 2. The van der Waals surface area contributed by atoms with Gasteiger partial charge < -0.3 is 18.5 Å². The molecule has 0 atom stereocenters. The molecular weight excluding hydrogens is 474 g/mol. The normalized spacial score (nSPS) is 11.0. The molecule has 2 heterocycles. The Balaban J connectivity index is 1.29. The van der Waals surface area contributed by atoms with E-state index in [0.717, 1.165) is 27.6 Å². The summed E-state index contributed by atoms with van der Waals surface area (Å²) < 4.78 is 19.4. The first-order chi connectivity index (χ1) is 17.8. The maximum absolute atomic E-state index is 6.21. The van der Waals surface area contributed by atoms with Gasteiger partial charge in [0.05, 0.1) is 12.4 Å². The van der Waals surface area contributed by atoms with E-state index in [1.807, 2.05) is 71.3 Å². The molecule has 0 aliphatic carbocycles. The van der Waals surface area contributed by atoms with Gasteiger partial charge in [-0.3, -0.25) is 0 Å². The fourth-order valence-electron chi connectivity index (χ4n) is 3.67. The highest BCUT2D eigenvalue weighted by atomic mass is 32.2. The van der Waals surface area contributed by atoms with E-state index < -0.39 is 0 Å². The lowest BCUT2D eigenvalue weighted by atomic mass is 10.1. The van der Waals surface area contributed by atoms with Crippen molar-refractivity contribution in [3.63, 3.8) is 0 Å². The predicted octanol–water partition coefficient (Wildman–Crippen LogP) is 5.51. The number of hydrogen-bond acceptors (Lipinski definition) is 8. The lowest BCUT2D eigenvalue weighted by Gasteiger charge is -2.13. The summed E-state index contributed by atoms with van der Waals surface area (Å²) in [6, 6.07) is 27.9. The number of aromatic nitrogens is 5. The molecule has 8 nitrogen and oxygen atoms in total. The van der Waals surface area contributed by atoms with Crippen LogP contribution >= 0.6 is 11.8 Å². The fraction of sp³-hybridized carbons (Fsp3) is 0.185. The topological polar surface area (TPSA) is 88.1 Å². The van der Waals surface area contributed by atoms with Gasteiger partial charge in [0.25, 0.3) is 0 Å². The minimum absolute atomic E-state index is 0.278. The molecule has 182 valence electrons. The van der Waals surface area contributed by atoms with Gasteiger partial charge in [-0.1, -0.05) is 78.5 Å². The van der Waals surface area contributed by atoms with Crippen molar-refractivity contribution in [2.75, 3.05) is 13.7 Å². The van der Waals surface area contributed by atoms with Gasteiger partial charge in [-0.2, -0.15) is 0 Å². The first-order valence-corrected chi connectivity index (χ1v) is 12.5. The van der Waals surface area contributed by atoms with Crippen molar-refractivity contribution in [1.82, 2.24) is 25.0 Å². The van der Waals surface area contributed by atoms with Gasteiger partial charge in [-0.15, -0.1) is 20.4 Å². The lowest BCUT2D eigenvalue weighted by Crippen LogP contribution is -2.12. The van der Waals surface area contributed by atoms with Crippen LogP contribution in [0.25, 0.3) is 22.6 Å². The van der Waals surface area contributed by atoms with Crippen LogP contribution in [0.1, 0.15) is 11.7 Å². The molecule has 9 heteroatoms. The fourth-order valence-corrected chi connectivity index (χ4v) is 4.49. The second-order valence-corrected chi connectivity index (χ2v) is 8.79. The van der Waals surface area contributed by atoms with Crippen LogP contribution in [0.4, 0.5) is 0 Å². The average molecular weight is 500 g/mol. The van der Waals surface area contributed by atoms with Gasteiger partial charge in [-0.05, 0) is 23.8 Å². The Bertz CT molecular complexity index is 1390. The summed E-state index contributed by atoms with van der Waals surface area (Å²) in [5.74, 6) is 3.00. The number of hydrogen-bond donors (Lipinski definition) is 0. The molecule has 5 aromatic rings. The maximum Gasteiger partial charge on any atom is 0.247 e. The van der Waals surface area contributed by atoms with Crippen LogP contribution in [-0.2, 0) is 23.6 Å². The van der Waals surface area contributed by atoms with E-state index in [-0.39, 0.29) is 6.61 Å². The Morgan fingerprint density at radius 2 is 1.53 bits per heavy atom. The van der Waals surface area contributed by atoms with E-state index in [2.05, 4.69) is 38.6 Å². The van der Waals surface area contributed by atoms with E-state index in [1.54, 1.807) is 7.11 Å². The number of benzene rings is 3. The largest absolute Gasteiger partial charge is 0.485 e. The van der Waals surface area contributed by atoms with E-state index >= 15 is 0 Å². The zero-order valence-electron chi connectivity index (χ0n) is 19.8. The van der Waals surface area contributed by atoms with Crippen molar-refractivity contribution in [2.24, 2.45) is 0 Å². The zero-order chi connectivity index (χ0) is 24.6. The minimum atomic E-state index is 0.278. The Labute approximate surface area is 213 Å². The Hall–Kier alpha value is -3.95. The molecule has 5 rings (SSSR count). The highest BCUT2D eigenvalue weighted by Crippen LogP contribution is 2.30. The smallest absolute Gasteiger partial charge is 0.247 e. The van der Waals surface area contributed by atoms with Crippen molar-refractivity contribution < 1.29 is 13.9 Å². The third-order valence-corrected chi connectivity index (χ3v) is 6.40. The lowest BCUT2D eigenvalue weighted by molar-refractivity contribution is 0.181. The van der Waals surface area contributed by atoms with Crippen molar-refractivity contribution in [1.29, 1.82) is 0 Å². The molecule has 0 fully saturated rings. The molecule has 0 spiro atoms. The Morgan fingerprint density at radius 1 is 0.806 bits per heavy atom. The molecule has 0 aliphatic rings. The number of thioether (sulfide) groups is 1. The number of methoxy groups -OCH3 is 1. The molecule has 0 N–H and O–H groups in total. The summed E-state index contributed by atoms with van der Waals surface area (Å²) in [5.41, 5.74) is 3.01. The van der Waals surface area contributed by atoms with Gasteiger partial charge in [0, 0.05) is 24.8 Å². The Morgan fingerprint density at radius 3 is 2.31 bits per heavy atom. The highest BCUT2D eigenvalue weighted by Gasteiger charge is 2.16. The summed E-state index contributed by atoms with van der Waals surface area (Å²) in [7, 11) is 1.67. The van der Waals surface area contributed by atoms with Crippen molar-refractivity contribution in [3.05, 3.63) is 96.6 Å². The van der Waals surface area contributed by atoms with Crippen molar-refractivity contribution in [2.45, 2.75) is 24.1 Å². The molecule has 0 radical (unpaired) electrons. The number of rotatable bonds is 11. The van der Waals surface area contributed by atoms with Gasteiger partial charge in [0.15, 0.2) is 11.0 Å². The third kappa shape index (κ3) is 5.64. The summed E-state index contributed by atoms with van der Waals surface area (Å²) in [5, 5.41) is 17.9. The molecule has 0 amide bonds. The van der Waals surface area contributed by atoms with Crippen LogP contribution in [0.15, 0.2) is 94.5 Å². The summed E-state index contributed by atoms with van der Waals surface area (Å²) in [6.07, 6.45) is 0. The van der Waals surface area contributed by atoms with Crippen LogP contribution in [0.3, 0.4) is 0 Å². The van der Waals surface area contributed by atoms with Gasteiger partial charge in [0.2, 0.25) is 11.8 Å². The van der Waals surface area contributed by atoms with Crippen molar-refractivity contribution in [3.8, 4) is 28.3 Å². The standard InChI is InChI=1S/C27H25N5O3S/c1-33-17-16-32-24(18-34-23-15-9-8-14-22(23)20-10-4-2-5-11-20)28-31-27(32)36-19-25-29-30-26(35-25)21-12-6-3-7-13-21/h2-15H,16-19H2,1H3. The van der Waals surface area contributed by atoms with Crippen LogP contribution in [0.2, 0.25) is 0 Å². The molecule has 36 heavy (non-hydrogen) atoms. The Kier molecular flexibility index (Phi) is 7.70. The molecular formula is C27H25N5O3S. The molecule has 0 aliphatic heterocycles. The average Bonchev–Trinajstić information content (AvgIpc) is 3.57. The molecule has 0 saturated carbocycles. The van der Waals surface area contributed by atoms with Crippen LogP contribution in [-0.4, -0.2) is 38.7 Å². The van der Waals surface area contributed by atoms with Crippen LogP contribution in [0, 0.1) is 0 Å². The minimum Gasteiger partial charge on any atom is -0.485 e. The summed E-state index contributed by atoms with van der Waals surface area (Å²) in [6.45, 7) is 1.40. The third-order valence-electron chi connectivity index (χ3n) is 5.45. The molecule has 0 bridgehead atoms. The van der Waals surface area contributed by atoms with Crippen LogP contribution in [0.5, 0.6) is 5.75 Å². The predicted molar refractivity (Wildman–Crippen MR) is 137 cm³/mol. The van der Waals surface area contributed by atoms with Gasteiger partial charge in [-0.25, -0.2) is 0 Å². The van der Waals surface area contributed by atoms with E-state index in [9.17, 15) is 0 Å². The summed E-state index contributed by atoms with van der Waals surface area (Å²) in [4.78, 5) is 0. The van der Waals surface area contributed by atoms with E-state index in [1.165, 1.54) is 11.8 Å². The number of nitrogens with zero attached hydrogens (tertiary/aromatic N) is 5. The van der Waals surface area contributed by atoms with Crippen LogP contribution < -0.4 is 4.74 Å². The molecule has 0 saturated heterocycles. The molecule has 2 aromatic heterocycles. The SMILES string of the molecule is COCCn1c(COc2ccccc2-c2ccccc2)nnc1SCc1nnc(-c2ccccc2)o1. The number of para-hydroxylation sites is 1. The highest BCUT2D eigenvalue weighted by molar-refractivity contribution is 7.98. The second kappa shape index (κ2) is 11.7. The van der Waals surface area contributed by atoms with Gasteiger partial charge >= 0.3 is 0 Å². The first-order valence-electron chi connectivity index (χ1n) is 11.5. The summed E-state index contributed by atoms with van der Waals surface area (Å²) >= 11 is 1.48.